The maximum absolute atomic E-state index is 2.26. The van der Waals surface area contributed by atoms with Crippen molar-refractivity contribution >= 4 is 0 Å². The van der Waals surface area contributed by atoms with Crippen LogP contribution in [0.1, 0.15) is 44.2 Å². The molecule has 158 valence electrons. The van der Waals surface area contributed by atoms with E-state index >= 15 is 0 Å². The van der Waals surface area contributed by atoms with E-state index in [1.54, 1.807) is 0 Å². The predicted octanol–water partition coefficient (Wildman–Crippen LogP) is 6.20. The van der Waals surface area contributed by atoms with E-state index in [9.17, 15) is 0 Å². The molecular weight excluding hydrogens is 376 g/mol. The summed E-state index contributed by atoms with van der Waals surface area (Å²) in [7, 11) is 0. The van der Waals surface area contributed by atoms with Crippen molar-refractivity contribution in [3.8, 4) is 11.1 Å². The zero-order chi connectivity index (χ0) is 21.9. The van der Waals surface area contributed by atoms with E-state index in [1.165, 1.54) is 28.7 Å². The van der Waals surface area contributed by atoms with E-state index in [2.05, 4.69) is 140 Å². The van der Waals surface area contributed by atoms with E-state index in [0.717, 1.165) is 13.1 Å². The average molecular weight is 411 g/mol. The van der Waals surface area contributed by atoms with Gasteiger partial charge in [0.15, 0.2) is 31.3 Å². The first-order chi connectivity index (χ1) is 15.2. The molecule has 4 rings (SSSR count). The summed E-state index contributed by atoms with van der Waals surface area (Å²) >= 11 is 0. The number of aromatic nitrogens is 2. The molecule has 0 saturated carbocycles. The number of aryl methyl sites for hydroxylation is 1. The van der Waals surface area contributed by atoms with Crippen LogP contribution in [0.15, 0.2) is 110 Å². The Balaban J connectivity index is 0.000000229. The highest BCUT2D eigenvalue weighted by atomic mass is 14.9. The molecule has 0 radical (unpaired) electrons. The van der Waals surface area contributed by atoms with Crippen LogP contribution in [0.3, 0.4) is 0 Å². The lowest BCUT2D eigenvalue weighted by atomic mass is 9.99. The Hall–Kier alpha value is -3.26. The first-order valence-electron chi connectivity index (χ1n) is 11.3. The molecular formula is C29H34N2+2. The predicted molar refractivity (Wildman–Crippen MR) is 129 cm³/mol. The van der Waals surface area contributed by atoms with Gasteiger partial charge in [-0.1, -0.05) is 74.5 Å². The Labute approximate surface area is 187 Å². The van der Waals surface area contributed by atoms with Gasteiger partial charge in [-0.25, -0.2) is 9.13 Å². The number of benzene rings is 2. The van der Waals surface area contributed by atoms with Gasteiger partial charge in [-0.05, 0) is 36.0 Å². The second kappa shape index (κ2) is 11.8. The lowest BCUT2D eigenvalue weighted by Gasteiger charge is -2.06. The highest BCUT2D eigenvalue weighted by Crippen LogP contribution is 2.17. The van der Waals surface area contributed by atoms with Crippen LogP contribution >= 0.6 is 0 Å². The Kier molecular flexibility index (Phi) is 8.54. The molecule has 0 aliphatic carbocycles. The topological polar surface area (TPSA) is 7.76 Å². The van der Waals surface area contributed by atoms with E-state index < -0.39 is 0 Å². The maximum atomic E-state index is 2.26. The van der Waals surface area contributed by atoms with Gasteiger partial charge < -0.3 is 0 Å². The molecule has 0 amide bonds. The molecule has 2 aromatic heterocycles. The Morgan fingerprint density at radius 1 is 0.613 bits per heavy atom. The average Bonchev–Trinajstić information content (AvgIpc) is 2.86. The van der Waals surface area contributed by atoms with Crippen LogP contribution in [0.5, 0.6) is 0 Å². The molecule has 2 aromatic carbocycles. The molecule has 0 fully saturated rings. The van der Waals surface area contributed by atoms with Gasteiger partial charge in [-0.3, -0.25) is 0 Å². The molecule has 1 atom stereocenters. The first kappa shape index (κ1) is 22.4. The quantitative estimate of drug-likeness (QED) is 0.335. The highest BCUT2D eigenvalue weighted by Gasteiger charge is 2.05. The van der Waals surface area contributed by atoms with Gasteiger partial charge in [0.1, 0.15) is 6.54 Å². The van der Waals surface area contributed by atoms with E-state index in [4.69, 9.17) is 0 Å². The molecule has 0 bridgehead atoms. The first-order valence-corrected chi connectivity index (χ1v) is 11.3. The summed E-state index contributed by atoms with van der Waals surface area (Å²) in [5.41, 5.74) is 5.28. The minimum atomic E-state index is 0.709. The van der Waals surface area contributed by atoms with Crippen molar-refractivity contribution < 1.29 is 9.13 Å². The number of hydrogen-bond acceptors (Lipinski definition) is 0. The molecule has 0 saturated heterocycles. The summed E-state index contributed by atoms with van der Waals surface area (Å²) in [6.07, 6.45) is 9.76. The van der Waals surface area contributed by atoms with Gasteiger partial charge in [-0.15, -0.1) is 0 Å². The van der Waals surface area contributed by atoms with Gasteiger partial charge in [-0.2, -0.15) is 0 Å². The van der Waals surface area contributed by atoms with E-state index in [0.29, 0.717) is 5.92 Å². The van der Waals surface area contributed by atoms with Crippen molar-refractivity contribution in [1.82, 2.24) is 0 Å². The summed E-state index contributed by atoms with van der Waals surface area (Å²) in [4.78, 5) is 0. The van der Waals surface area contributed by atoms with Gasteiger partial charge in [0, 0.05) is 29.8 Å². The lowest BCUT2D eigenvalue weighted by molar-refractivity contribution is -0.693. The largest absolute Gasteiger partial charge is 0.205 e. The van der Waals surface area contributed by atoms with Crippen molar-refractivity contribution in [2.24, 2.45) is 0 Å². The Morgan fingerprint density at radius 3 is 1.58 bits per heavy atom. The standard InChI is InChI=1S/C19H20N2.C10H14/c1-2-20-12-8-18(9-13-20)19-10-14-21(15-11-19)16-17-6-4-3-5-7-17;1-3-9(2)10-7-5-4-6-8-10/h3-15H,2,16H2,1H3;4-9H,3H2,1-2H3/q+2;/t;9-/m.1/s1. The molecule has 2 heteroatoms. The monoisotopic (exact) mass is 410 g/mol. The Morgan fingerprint density at radius 2 is 1.10 bits per heavy atom. The third-order valence-corrected chi connectivity index (χ3v) is 5.67. The minimum absolute atomic E-state index is 0.709. The Bertz CT molecular complexity index is 1010. The molecule has 0 spiro atoms. The molecule has 2 heterocycles. The van der Waals surface area contributed by atoms with Crippen molar-refractivity contribution in [1.29, 1.82) is 0 Å². The zero-order valence-electron chi connectivity index (χ0n) is 19.0. The summed E-state index contributed by atoms with van der Waals surface area (Å²) in [5, 5.41) is 0. The van der Waals surface area contributed by atoms with Crippen LogP contribution in [0.2, 0.25) is 0 Å². The highest BCUT2D eigenvalue weighted by molar-refractivity contribution is 5.60. The third-order valence-electron chi connectivity index (χ3n) is 5.67. The fourth-order valence-electron chi connectivity index (χ4n) is 3.43. The van der Waals surface area contributed by atoms with Gasteiger partial charge >= 0.3 is 0 Å². The number of pyridine rings is 2. The molecule has 0 aliphatic rings. The second-order valence-electron chi connectivity index (χ2n) is 7.88. The fourth-order valence-corrected chi connectivity index (χ4v) is 3.43. The molecule has 0 aliphatic heterocycles. The van der Waals surface area contributed by atoms with Crippen molar-refractivity contribution in [3.05, 3.63) is 121 Å². The van der Waals surface area contributed by atoms with Gasteiger partial charge in [0.25, 0.3) is 0 Å². The van der Waals surface area contributed by atoms with Crippen molar-refractivity contribution in [3.63, 3.8) is 0 Å². The normalized spacial score (nSPS) is 11.3. The minimum Gasteiger partial charge on any atom is -0.205 e. The third kappa shape index (κ3) is 6.89. The fraction of sp³-hybridized carbons (Fsp3) is 0.241. The number of hydrogen-bond donors (Lipinski definition) is 0. The second-order valence-corrected chi connectivity index (χ2v) is 7.88. The molecule has 0 N–H and O–H groups in total. The summed E-state index contributed by atoms with van der Waals surface area (Å²) in [5.74, 6) is 0.709. The maximum Gasteiger partial charge on any atom is 0.173 e. The van der Waals surface area contributed by atoms with Crippen molar-refractivity contribution in [2.45, 2.75) is 46.2 Å². The summed E-state index contributed by atoms with van der Waals surface area (Å²) < 4.78 is 4.37. The van der Waals surface area contributed by atoms with Gasteiger partial charge in [0.05, 0.1) is 0 Å². The van der Waals surface area contributed by atoms with E-state index in [1.807, 2.05) is 0 Å². The van der Waals surface area contributed by atoms with Crippen molar-refractivity contribution in [2.75, 3.05) is 0 Å². The molecule has 2 nitrogen and oxygen atoms in total. The van der Waals surface area contributed by atoms with Crippen LogP contribution < -0.4 is 9.13 Å². The van der Waals surface area contributed by atoms with Crippen LogP contribution in [0, 0.1) is 0 Å². The van der Waals surface area contributed by atoms with Crippen LogP contribution in [-0.2, 0) is 13.1 Å². The number of rotatable bonds is 6. The SMILES string of the molecule is CC[C@@H](C)c1ccccc1.CC[n+]1ccc(-c2cc[n+](Cc3ccccc3)cc2)cc1. The smallest absolute Gasteiger partial charge is 0.173 e. The zero-order valence-corrected chi connectivity index (χ0v) is 19.0. The van der Waals surface area contributed by atoms with Crippen LogP contribution in [0.4, 0.5) is 0 Å². The molecule has 4 aromatic rings. The van der Waals surface area contributed by atoms with Gasteiger partial charge in [0.2, 0.25) is 0 Å². The van der Waals surface area contributed by atoms with Crippen LogP contribution in [-0.4, -0.2) is 0 Å². The van der Waals surface area contributed by atoms with Crippen LogP contribution in [0.25, 0.3) is 11.1 Å². The summed E-state index contributed by atoms with van der Waals surface area (Å²) in [6, 6.07) is 29.8. The molecule has 31 heavy (non-hydrogen) atoms. The molecule has 0 unspecified atom stereocenters. The number of nitrogens with zero attached hydrogens (tertiary/aromatic N) is 2. The summed E-state index contributed by atoms with van der Waals surface area (Å²) in [6.45, 7) is 8.54. The lowest BCUT2D eigenvalue weighted by Crippen LogP contribution is -2.33. The van der Waals surface area contributed by atoms with E-state index in [-0.39, 0.29) is 0 Å².